The van der Waals surface area contributed by atoms with Crippen molar-refractivity contribution in [2.24, 2.45) is 5.10 Å². The van der Waals surface area contributed by atoms with Crippen LogP contribution in [0.1, 0.15) is 41.9 Å². The van der Waals surface area contributed by atoms with Crippen LogP contribution in [0.15, 0.2) is 59.8 Å². The average molecular weight is 322 g/mol. The molecule has 1 aromatic heterocycles. The number of pyridine rings is 1. The van der Waals surface area contributed by atoms with E-state index >= 15 is 0 Å². The maximum Gasteiger partial charge on any atom is 0.289 e. The monoisotopic (exact) mass is 322 g/mol. The van der Waals surface area contributed by atoms with Gasteiger partial charge in [-0.15, -0.1) is 0 Å². The van der Waals surface area contributed by atoms with Crippen LogP contribution in [0.2, 0.25) is 0 Å². The maximum absolute atomic E-state index is 12.0. The summed E-state index contributed by atoms with van der Waals surface area (Å²) in [6.07, 6.45) is 3.35. The zero-order valence-corrected chi connectivity index (χ0v) is 13.9. The molecule has 5 nitrogen and oxygen atoms in total. The smallest absolute Gasteiger partial charge is 0.289 e. The fourth-order valence-corrected chi connectivity index (χ4v) is 2.91. The van der Waals surface area contributed by atoms with Gasteiger partial charge in [0.25, 0.3) is 5.91 Å². The van der Waals surface area contributed by atoms with Crippen molar-refractivity contribution in [1.82, 2.24) is 15.3 Å². The van der Waals surface area contributed by atoms with E-state index in [1.165, 1.54) is 5.56 Å². The Balaban J connectivity index is 1.52. The van der Waals surface area contributed by atoms with Crippen LogP contribution in [0.3, 0.4) is 0 Å². The second kappa shape index (κ2) is 7.84. The van der Waals surface area contributed by atoms with E-state index in [9.17, 15) is 4.79 Å². The first-order valence-electron chi connectivity index (χ1n) is 8.30. The van der Waals surface area contributed by atoms with Gasteiger partial charge in [0.2, 0.25) is 0 Å². The Hall–Kier alpha value is -2.53. The highest BCUT2D eigenvalue weighted by Gasteiger charge is 2.21. The first kappa shape index (κ1) is 16.3. The normalized spacial score (nSPS) is 16.5. The highest BCUT2D eigenvalue weighted by molar-refractivity contribution is 5.94. The molecule has 1 aromatic carbocycles. The quantitative estimate of drug-likeness (QED) is 0.880. The summed E-state index contributed by atoms with van der Waals surface area (Å²) in [5, 5.41) is 4.28. The molecule has 24 heavy (non-hydrogen) atoms. The largest absolute Gasteiger partial charge is 0.296 e. The third-order valence-corrected chi connectivity index (χ3v) is 4.42. The summed E-state index contributed by atoms with van der Waals surface area (Å²) in [5.74, 6) is -0.261. The Kier molecular flexibility index (Phi) is 5.33. The van der Waals surface area contributed by atoms with E-state index in [1.54, 1.807) is 24.4 Å². The van der Waals surface area contributed by atoms with Gasteiger partial charge in [-0.3, -0.25) is 14.7 Å². The molecular weight excluding hydrogens is 300 g/mol. The number of piperidine rings is 1. The van der Waals surface area contributed by atoms with Crippen molar-refractivity contribution < 1.29 is 4.79 Å². The molecule has 1 saturated heterocycles. The van der Waals surface area contributed by atoms with Crippen molar-refractivity contribution in [3.63, 3.8) is 0 Å². The van der Waals surface area contributed by atoms with Gasteiger partial charge in [-0.1, -0.05) is 36.4 Å². The summed E-state index contributed by atoms with van der Waals surface area (Å²) in [6, 6.07) is 16.2. The van der Waals surface area contributed by atoms with Gasteiger partial charge >= 0.3 is 0 Å². The molecule has 3 rings (SSSR count). The van der Waals surface area contributed by atoms with Crippen LogP contribution in [0, 0.1) is 0 Å². The Morgan fingerprint density at radius 2 is 1.83 bits per heavy atom. The van der Waals surface area contributed by atoms with Crippen molar-refractivity contribution >= 4 is 11.6 Å². The lowest BCUT2D eigenvalue weighted by molar-refractivity contribution is 0.0949. The number of carbonyl (C=O) groups is 1. The zero-order chi connectivity index (χ0) is 16.8. The van der Waals surface area contributed by atoms with E-state index < -0.39 is 0 Å². The number of hydrogen-bond donors (Lipinski definition) is 1. The lowest BCUT2D eigenvalue weighted by Gasteiger charge is -2.33. The highest BCUT2D eigenvalue weighted by atomic mass is 16.2. The predicted octanol–water partition coefficient (Wildman–Crippen LogP) is 3.02. The van der Waals surface area contributed by atoms with Gasteiger partial charge < -0.3 is 0 Å². The van der Waals surface area contributed by atoms with E-state index in [-0.39, 0.29) is 5.91 Å². The van der Waals surface area contributed by atoms with Crippen molar-refractivity contribution in [2.75, 3.05) is 13.1 Å². The number of nitrogens with one attached hydrogen (secondary N) is 1. The Morgan fingerprint density at radius 3 is 2.50 bits per heavy atom. The number of aromatic nitrogens is 1. The third-order valence-electron chi connectivity index (χ3n) is 4.42. The lowest BCUT2D eigenvalue weighted by atomic mass is 10.0. The maximum atomic E-state index is 12.0. The SMILES string of the molecule is CC(c1ccccc1)N1CCC(=NNC(=O)c2ccccn2)CC1. The molecule has 1 atom stereocenters. The van der Waals surface area contributed by atoms with E-state index in [1.807, 2.05) is 6.07 Å². The standard InChI is InChI=1S/C19H22N4O/c1-15(16-7-3-2-4-8-16)23-13-10-17(11-14-23)21-22-19(24)18-9-5-6-12-20-18/h2-9,12,15H,10-11,13-14H2,1H3,(H,22,24). The molecule has 0 saturated carbocycles. The van der Waals surface area contributed by atoms with E-state index in [0.717, 1.165) is 31.6 Å². The van der Waals surface area contributed by atoms with E-state index in [4.69, 9.17) is 0 Å². The summed E-state index contributed by atoms with van der Waals surface area (Å²) in [7, 11) is 0. The van der Waals surface area contributed by atoms with Crippen LogP contribution < -0.4 is 5.43 Å². The third kappa shape index (κ3) is 4.06. The number of likely N-dealkylation sites (tertiary alicyclic amines) is 1. The number of benzene rings is 1. The number of nitrogens with zero attached hydrogens (tertiary/aromatic N) is 3. The average Bonchev–Trinajstić information content (AvgIpc) is 2.67. The number of hydrogen-bond acceptors (Lipinski definition) is 4. The van der Waals surface area contributed by atoms with Crippen molar-refractivity contribution in [3.8, 4) is 0 Å². The second-order valence-electron chi connectivity index (χ2n) is 5.96. The molecule has 1 fully saturated rings. The molecular formula is C19H22N4O. The highest BCUT2D eigenvalue weighted by Crippen LogP contribution is 2.22. The molecule has 0 spiro atoms. The van der Waals surface area contributed by atoms with Gasteiger partial charge in [0.1, 0.15) is 5.69 Å². The molecule has 2 aromatic rings. The molecule has 124 valence electrons. The molecule has 0 radical (unpaired) electrons. The van der Waals surface area contributed by atoms with Gasteiger partial charge in [-0.25, -0.2) is 5.43 Å². The number of rotatable bonds is 4. The van der Waals surface area contributed by atoms with Crippen LogP contribution in [0.25, 0.3) is 0 Å². The molecule has 0 aliphatic carbocycles. The summed E-state index contributed by atoms with van der Waals surface area (Å²) in [4.78, 5) is 18.4. The van der Waals surface area contributed by atoms with Gasteiger partial charge in [-0.2, -0.15) is 5.10 Å². The molecule has 1 aliphatic rings. The minimum Gasteiger partial charge on any atom is -0.296 e. The summed E-state index contributed by atoms with van der Waals surface area (Å²) < 4.78 is 0. The van der Waals surface area contributed by atoms with Crippen molar-refractivity contribution in [2.45, 2.75) is 25.8 Å². The molecule has 1 aliphatic heterocycles. The van der Waals surface area contributed by atoms with Gasteiger partial charge in [0, 0.05) is 43.9 Å². The minimum atomic E-state index is -0.261. The second-order valence-corrected chi connectivity index (χ2v) is 5.96. The van der Waals surface area contributed by atoms with Crippen molar-refractivity contribution in [1.29, 1.82) is 0 Å². The van der Waals surface area contributed by atoms with Crippen LogP contribution >= 0.6 is 0 Å². The summed E-state index contributed by atoms with van der Waals surface area (Å²) in [5.41, 5.74) is 5.37. The Bertz CT molecular complexity index is 690. The Morgan fingerprint density at radius 1 is 1.12 bits per heavy atom. The number of carbonyl (C=O) groups excluding carboxylic acids is 1. The zero-order valence-electron chi connectivity index (χ0n) is 13.9. The molecule has 2 heterocycles. The molecule has 1 unspecified atom stereocenters. The minimum absolute atomic E-state index is 0.261. The van der Waals surface area contributed by atoms with Crippen LogP contribution in [0.4, 0.5) is 0 Å². The topological polar surface area (TPSA) is 57.6 Å². The first-order chi connectivity index (χ1) is 11.7. The van der Waals surface area contributed by atoms with Crippen LogP contribution in [-0.2, 0) is 0 Å². The van der Waals surface area contributed by atoms with Gasteiger partial charge in [0.05, 0.1) is 0 Å². The number of amides is 1. The molecule has 1 amide bonds. The fourth-order valence-electron chi connectivity index (χ4n) is 2.91. The van der Waals surface area contributed by atoms with E-state index in [2.05, 4.69) is 51.6 Å². The summed E-state index contributed by atoms with van der Waals surface area (Å²) >= 11 is 0. The summed E-state index contributed by atoms with van der Waals surface area (Å²) in [6.45, 7) is 4.14. The van der Waals surface area contributed by atoms with Crippen molar-refractivity contribution in [3.05, 3.63) is 66.0 Å². The Labute approximate surface area is 142 Å². The van der Waals surface area contributed by atoms with Crippen LogP contribution in [-0.4, -0.2) is 34.6 Å². The fraction of sp³-hybridized carbons (Fsp3) is 0.316. The van der Waals surface area contributed by atoms with Crippen LogP contribution in [0.5, 0.6) is 0 Å². The molecule has 0 bridgehead atoms. The van der Waals surface area contributed by atoms with Gasteiger partial charge in [-0.05, 0) is 24.6 Å². The first-order valence-corrected chi connectivity index (χ1v) is 8.30. The predicted molar refractivity (Wildman–Crippen MR) is 94.8 cm³/mol. The van der Waals surface area contributed by atoms with E-state index in [0.29, 0.717) is 11.7 Å². The molecule has 1 N–H and O–H groups in total. The number of hydrazone groups is 1. The lowest BCUT2D eigenvalue weighted by Crippen LogP contribution is -2.36. The van der Waals surface area contributed by atoms with Gasteiger partial charge in [0.15, 0.2) is 0 Å². The molecule has 5 heteroatoms.